The molecular weight excluding hydrogens is 247 g/mol. The largest absolute Gasteiger partial charge is 0.373 e. The van der Waals surface area contributed by atoms with E-state index in [0.29, 0.717) is 6.61 Å². The lowest BCUT2D eigenvalue weighted by molar-refractivity contribution is -0.0368. The number of hydrogen-bond donors (Lipinski definition) is 0. The van der Waals surface area contributed by atoms with Gasteiger partial charge in [-0.25, -0.2) is 0 Å². The van der Waals surface area contributed by atoms with E-state index in [1.54, 1.807) is 20.8 Å². The minimum atomic E-state index is -3.12. The summed E-state index contributed by atoms with van der Waals surface area (Å²) in [5.41, 5.74) is -0.227. The molecule has 3 nitrogen and oxygen atoms in total. The van der Waals surface area contributed by atoms with Crippen LogP contribution in [-0.4, -0.2) is 23.5 Å². The van der Waals surface area contributed by atoms with Crippen molar-refractivity contribution in [2.75, 3.05) is 6.61 Å². The minimum Gasteiger partial charge on any atom is -0.373 e. The Labute approximate surface area is 104 Å². The molecule has 0 aromatic carbocycles. The molecule has 0 spiro atoms. The van der Waals surface area contributed by atoms with Crippen LogP contribution in [0.15, 0.2) is 0 Å². The van der Waals surface area contributed by atoms with Crippen LogP contribution in [0.2, 0.25) is 0 Å². The quantitative estimate of drug-likeness (QED) is 0.709. The molecule has 0 aliphatic rings. The van der Waals surface area contributed by atoms with Crippen LogP contribution in [0.4, 0.5) is 0 Å². The Balaban J connectivity index is 4.26. The van der Waals surface area contributed by atoms with E-state index < -0.39 is 11.9 Å². The Kier molecular flexibility index (Phi) is 5.54. The minimum absolute atomic E-state index is 0.227. The average Bonchev–Trinajstić information content (AvgIpc) is 1.96. The summed E-state index contributed by atoms with van der Waals surface area (Å²) in [5, 5.41) is -0.551. The molecule has 0 aromatic heterocycles. The van der Waals surface area contributed by atoms with Crippen LogP contribution < -0.4 is 0 Å². The zero-order valence-electron chi connectivity index (χ0n) is 11.3. The lowest BCUT2D eigenvalue weighted by atomic mass is 10.2. The van der Waals surface area contributed by atoms with Crippen LogP contribution >= 0.6 is 18.0 Å². The van der Waals surface area contributed by atoms with Crippen LogP contribution in [0, 0.1) is 0 Å². The summed E-state index contributed by atoms with van der Waals surface area (Å²) in [6.45, 7) is 10.4. The topological polar surface area (TPSA) is 35.5 Å². The second-order valence-electron chi connectivity index (χ2n) is 5.99. The fourth-order valence-electron chi connectivity index (χ4n) is 0.787. The van der Waals surface area contributed by atoms with Gasteiger partial charge >= 0.3 is 0 Å². The highest BCUT2D eigenvalue weighted by molar-refractivity contribution is 7.86. The maximum Gasteiger partial charge on any atom is 0.295 e. The van der Waals surface area contributed by atoms with Gasteiger partial charge in [-0.2, -0.15) is 0 Å². The molecule has 0 heterocycles. The number of halogens is 1. The summed E-state index contributed by atoms with van der Waals surface area (Å²) in [6, 6.07) is 0. The van der Waals surface area contributed by atoms with E-state index in [9.17, 15) is 4.57 Å². The predicted octanol–water partition coefficient (Wildman–Crippen LogP) is 4.44. The second-order valence-corrected chi connectivity index (χ2v) is 9.84. The van der Waals surface area contributed by atoms with Gasteiger partial charge in [0, 0.05) is 0 Å². The molecule has 98 valence electrons. The highest BCUT2D eigenvalue weighted by Gasteiger charge is 2.37. The summed E-state index contributed by atoms with van der Waals surface area (Å²) in [5.74, 6) is 0. The van der Waals surface area contributed by atoms with Gasteiger partial charge in [-0.1, -0.05) is 0 Å². The Hall–Kier alpha value is 0.440. The van der Waals surface area contributed by atoms with Gasteiger partial charge in [-0.05, 0) is 59.7 Å². The van der Waals surface area contributed by atoms with Crippen LogP contribution in [-0.2, 0) is 13.8 Å². The third kappa shape index (κ3) is 6.24. The maximum atomic E-state index is 12.1. The van der Waals surface area contributed by atoms with E-state index in [-0.39, 0.29) is 11.7 Å². The van der Waals surface area contributed by atoms with E-state index in [4.69, 9.17) is 20.5 Å². The van der Waals surface area contributed by atoms with Gasteiger partial charge in [-0.15, -0.1) is 0 Å². The van der Waals surface area contributed by atoms with Gasteiger partial charge in [0.2, 0.25) is 0 Å². The van der Waals surface area contributed by atoms with E-state index in [1.807, 2.05) is 27.7 Å². The molecule has 0 amide bonds. The summed E-state index contributed by atoms with van der Waals surface area (Å²) in [7, 11) is 0. The molecule has 5 heteroatoms. The molecule has 0 aliphatic heterocycles. The smallest absolute Gasteiger partial charge is 0.295 e. The van der Waals surface area contributed by atoms with Gasteiger partial charge in [0.05, 0.1) is 23.5 Å². The van der Waals surface area contributed by atoms with Gasteiger partial charge in [0.1, 0.15) is 0 Å². The van der Waals surface area contributed by atoms with Crippen molar-refractivity contribution in [3.63, 3.8) is 0 Å². The normalized spacial score (nSPS) is 19.2. The molecule has 0 bridgehead atoms. The lowest BCUT2D eigenvalue weighted by Gasteiger charge is -2.29. The average molecular weight is 271 g/mol. The van der Waals surface area contributed by atoms with E-state index in [2.05, 4.69) is 0 Å². The van der Waals surface area contributed by atoms with E-state index in [0.717, 1.165) is 0 Å². The van der Waals surface area contributed by atoms with Crippen molar-refractivity contribution in [3.8, 4) is 0 Å². The van der Waals surface area contributed by atoms with Gasteiger partial charge in [0.25, 0.3) is 6.72 Å². The van der Waals surface area contributed by atoms with Crippen molar-refractivity contribution in [2.45, 2.75) is 65.3 Å². The molecule has 0 N–H and O–H groups in total. The first-order chi connectivity index (χ1) is 6.85. The number of rotatable bonds is 4. The van der Waals surface area contributed by atoms with Crippen molar-refractivity contribution in [3.05, 3.63) is 0 Å². The van der Waals surface area contributed by atoms with Crippen molar-refractivity contribution in [2.24, 2.45) is 0 Å². The first-order valence-corrected chi connectivity index (χ1v) is 8.00. The molecule has 16 heavy (non-hydrogen) atoms. The van der Waals surface area contributed by atoms with Crippen LogP contribution in [0.1, 0.15) is 48.5 Å². The maximum absolute atomic E-state index is 12.1. The monoisotopic (exact) mass is 270 g/mol. The van der Waals surface area contributed by atoms with Gasteiger partial charge in [-0.3, -0.25) is 4.57 Å². The zero-order chi connectivity index (χ0) is 13.2. The van der Waals surface area contributed by atoms with Crippen molar-refractivity contribution in [1.29, 1.82) is 0 Å². The SMILES string of the molecule is CC(COC(C)(C)C)OP(=O)(Cl)C(C)(C)C. The van der Waals surface area contributed by atoms with Crippen molar-refractivity contribution < 1.29 is 13.8 Å². The van der Waals surface area contributed by atoms with Crippen LogP contribution in [0.3, 0.4) is 0 Å². The van der Waals surface area contributed by atoms with E-state index in [1.165, 1.54) is 0 Å². The van der Waals surface area contributed by atoms with Gasteiger partial charge < -0.3 is 9.26 Å². The Morgan fingerprint density at radius 1 is 1.19 bits per heavy atom. The first kappa shape index (κ1) is 16.4. The number of ether oxygens (including phenoxy) is 1. The Morgan fingerprint density at radius 2 is 1.62 bits per heavy atom. The highest BCUT2D eigenvalue weighted by atomic mass is 35.7. The fraction of sp³-hybridized carbons (Fsp3) is 1.00. The summed E-state index contributed by atoms with van der Waals surface area (Å²) >= 11 is 5.93. The first-order valence-electron chi connectivity index (χ1n) is 5.47. The molecule has 0 aliphatic carbocycles. The molecule has 0 aromatic rings. The summed E-state index contributed by atoms with van der Waals surface area (Å²) < 4.78 is 23.0. The molecule has 0 saturated heterocycles. The number of hydrogen-bond acceptors (Lipinski definition) is 3. The second kappa shape index (κ2) is 5.39. The standard InChI is InChI=1S/C11H24ClO3P/c1-9(8-14-10(2,3)4)15-16(12,13)11(5,6)7/h9H,8H2,1-7H3. The third-order valence-corrected chi connectivity index (χ3v) is 5.86. The fourth-order valence-corrected chi connectivity index (χ4v) is 2.04. The van der Waals surface area contributed by atoms with E-state index >= 15 is 0 Å². The Morgan fingerprint density at radius 3 is 1.94 bits per heavy atom. The lowest BCUT2D eigenvalue weighted by Crippen LogP contribution is -2.27. The van der Waals surface area contributed by atoms with Gasteiger partial charge in [0.15, 0.2) is 0 Å². The molecule has 0 fully saturated rings. The Bertz CT molecular complexity index is 265. The molecule has 0 rings (SSSR count). The molecular formula is C11H24ClO3P. The molecule has 0 radical (unpaired) electrons. The molecule has 2 unspecified atom stereocenters. The van der Waals surface area contributed by atoms with Crippen LogP contribution in [0.5, 0.6) is 0 Å². The predicted molar refractivity (Wildman–Crippen MR) is 69.5 cm³/mol. The highest BCUT2D eigenvalue weighted by Crippen LogP contribution is 2.63. The van der Waals surface area contributed by atoms with Crippen LogP contribution in [0.25, 0.3) is 0 Å². The van der Waals surface area contributed by atoms with Crippen molar-refractivity contribution >= 4 is 18.0 Å². The van der Waals surface area contributed by atoms with Crippen molar-refractivity contribution in [1.82, 2.24) is 0 Å². The third-order valence-electron chi connectivity index (χ3n) is 1.87. The summed E-state index contributed by atoms with van der Waals surface area (Å²) in [6.07, 6.45) is -0.276. The molecule has 0 saturated carbocycles. The summed E-state index contributed by atoms with van der Waals surface area (Å²) in [4.78, 5) is 0. The molecule has 2 atom stereocenters. The zero-order valence-corrected chi connectivity index (χ0v) is 13.0.